The number of aromatic nitrogens is 1. The first kappa shape index (κ1) is 16.0. The quantitative estimate of drug-likeness (QED) is 0.465. The summed E-state index contributed by atoms with van der Waals surface area (Å²) in [6.07, 6.45) is 0. The monoisotopic (exact) mass is 416 g/mol. The number of nitrogens with zero attached hydrogens (tertiary/aromatic N) is 1. The van der Waals surface area contributed by atoms with Crippen molar-refractivity contribution in [3.05, 3.63) is 70.6 Å². The summed E-state index contributed by atoms with van der Waals surface area (Å²) in [6.45, 7) is 0. The van der Waals surface area contributed by atoms with Gasteiger partial charge in [0, 0.05) is 10.0 Å². The Labute approximate surface area is 154 Å². The normalized spacial score (nSPS) is 11.0. The Morgan fingerprint density at radius 2 is 1.92 bits per heavy atom. The topological polar surface area (TPSA) is 55.1 Å². The van der Waals surface area contributed by atoms with Gasteiger partial charge in [-0.15, -0.1) is 0 Å². The van der Waals surface area contributed by atoms with Crippen LogP contribution in [0.3, 0.4) is 0 Å². The van der Waals surface area contributed by atoms with E-state index >= 15 is 0 Å². The lowest BCUT2D eigenvalue weighted by Crippen LogP contribution is -2.10. The van der Waals surface area contributed by atoms with Crippen molar-refractivity contribution in [2.24, 2.45) is 0 Å². The fourth-order valence-electron chi connectivity index (χ4n) is 2.34. The summed E-state index contributed by atoms with van der Waals surface area (Å²) in [5.41, 5.74) is 1.51. The van der Waals surface area contributed by atoms with Crippen molar-refractivity contribution in [2.75, 3.05) is 5.32 Å². The van der Waals surface area contributed by atoms with Crippen LogP contribution >= 0.6 is 27.3 Å². The number of carbonyl (C=O) groups excluding carboxylic acids is 1. The van der Waals surface area contributed by atoms with Gasteiger partial charge < -0.3 is 4.42 Å². The maximum Gasteiger partial charge on any atom is 0.293 e. The molecule has 4 aromatic rings. The van der Waals surface area contributed by atoms with Gasteiger partial charge in [-0.2, -0.15) is 0 Å². The second-order valence-electron chi connectivity index (χ2n) is 5.26. The summed E-state index contributed by atoms with van der Waals surface area (Å²) in [5, 5.41) is 3.08. The van der Waals surface area contributed by atoms with Gasteiger partial charge in [-0.05, 0) is 42.5 Å². The molecule has 0 radical (unpaired) electrons. The van der Waals surface area contributed by atoms with Crippen LogP contribution in [0.4, 0.5) is 9.52 Å². The second-order valence-corrected chi connectivity index (χ2v) is 7.20. The second kappa shape index (κ2) is 6.42. The van der Waals surface area contributed by atoms with E-state index in [4.69, 9.17) is 4.42 Å². The molecule has 0 saturated heterocycles. The Morgan fingerprint density at radius 3 is 2.72 bits per heavy atom. The van der Waals surface area contributed by atoms with Crippen molar-refractivity contribution in [3.63, 3.8) is 0 Å². The fourth-order valence-corrected chi connectivity index (χ4v) is 3.49. The van der Waals surface area contributed by atoms with E-state index in [0.29, 0.717) is 21.1 Å². The van der Waals surface area contributed by atoms with E-state index in [1.165, 1.54) is 23.5 Å². The highest BCUT2D eigenvalue weighted by Crippen LogP contribution is 2.28. The van der Waals surface area contributed by atoms with E-state index in [2.05, 4.69) is 26.2 Å². The van der Waals surface area contributed by atoms with Crippen molar-refractivity contribution >= 4 is 48.5 Å². The molecule has 2 heterocycles. The van der Waals surface area contributed by atoms with Crippen molar-refractivity contribution in [1.29, 1.82) is 0 Å². The number of amides is 1. The van der Waals surface area contributed by atoms with Crippen molar-refractivity contribution in [3.8, 4) is 11.3 Å². The molecule has 0 bridgehead atoms. The molecule has 0 saturated carbocycles. The van der Waals surface area contributed by atoms with E-state index in [1.54, 1.807) is 18.2 Å². The number of thiazole rings is 1. The number of benzene rings is 2. The molecule has 0 spiro atoms. The number of halogens is 2. The molecule has 25 heavy (non-hydrogen) atoms. The van der Waals surface area contributed by atoms with Crippen LogP contribution in [0.15, 0.2) is 63.5 Å². The van der Waals surface area contributed by atoms with Crippen LogP contribution in [0.25, 0.3) is 21.5 Å². The minimum absolute atomic E-state index is 0.184. The molecule has 1 N–H and O–H groups in total. The van der Waals surface area contributed by atoms with Crippen molar-refractivity contribution in [2.45, 2.75) is 0 Å². The molecule has 0 fully saturated rings. The van der Waals surface area contributed by atoms with Gasteiger partial charge in [0.1, 0.15) is 11.6 Å². The molecular weight excluding hydrogens is 407 g/mol. The number of carbonyl (C=O) groups is 1. The van der Waals surface area contributed by atoms with Gasteiger partial charge in [0.15, 0.2) is 10.9 Å². The standard InChI is InChI=1S/C18H10BrFN2O2S/c19-11-3-1-10(2-4-11)14-7-8-15(24-14)17(23)22-18-21-13-6-5-12(20)9-16(13)25-18/h1-9H,(H,21,22,23). The van der Waals surface area contributed by atoms with Gasteiger partial charge in [0.25, 0.3) is 5.91 Å². The Morgan fingerprint density at radius 1 is 1.12 bits per heavy atom. The molecule has 2 aromatic heterocycles. The Bertz CT molecular complexity index is 1070. The van der Waals surface area contributed by atoms with E-state index in [0.717, 1.165) is 10.0 Å². The van der Waals surface area contributed by atoms with Crippen molar-refractivity contribution < 1.29 is 13.6 Å². The number of hydrogen-bond donors (Lipinski definition) is 1. The molecule has 0 aliphatic carbocycles. The van der Waals surface area contributed by atoms with E-state index in [-0.39, 0.29) is 11.6 Å². The van der Waals surface area contributed by atoms with Crippen LogP contribution in [-0.4, -0.2) is 10.9 Å². The number of hydrogen-bond acceptors (Lipinski definition) is 4. The first-order valence-electron chi connectivity index (χ1n) is 7.32. The number of nitrogens with one attached hydrogen (secondary N) is 1. The molecule has 1 amide bonds. The van der Waals surface area contributed by atoms with Crippen molar-refractivity contribution in [1.82, 2.24) is 4.98 Å². The number of furan rings is 1. The van der Waals surface area contributed by atoms with Gasteiger partial charge in [-0.3, -0.25) is 10.1 Å². The average molecular weight is 417 g/mol. The van der Waals surface area contributed by atoms with Crippen LogP contribution in [0.1, 0.15) is 10.6 Å². The lowest BCUT2D eigenvalue weighted by molar-refractivity contribution is 0.0997. The van der Waals surface area contributed by atoms with Gasteiger partial charge in [-0.1, -0.05) is 39.4 Å². The molecule has 4 rings (SSSR count). The lowest BCUT2D eigenvalue weighted by atomic mass is 10.2. The Hall–Kier alpha value is -2.51. The van der Waals surface area contributed by atoms with E-state index in [1.807, 2.05) is 24.3 Å². The van der Waals surface area contributed by atoms with Crippen LogP contribution in [0.2, 0.25) is 0 Å². The number of fused-ring (bicyclic) bond motifs is 1. The first-order valence-corrected chi connectivity index (χ1v) is 8.93. The van der Waals surface area contributed by atoms with Gasteiger partial charge in [-0.25, -0.2) is 9.37 Å². The largest absolute Gasteiger partial charge is 0.451 e. The van der Waals surface area contributed by atoms with Crippen LogP contribution < -0.4 is 5.32 Å². The smallest absolute Gasteiger partial charge is 0.293 e. The molecule has 2 aromatic carbocycles. The van der Waals surface area contributed by atoms with Crippen LogP contribution in [0.5, 0.6) is 0 Å². The van der Waals surface area contributed by atoms with Gasteiger partial charge in [0.05, 0.1) is 10.2 Å². The maximum atomic E-state index is 13.2. The Balaban J connectivity index is 1.55. The third-order valence-electron chi connectivity index (χ3n) is 3.53. The van der Waals surface area contributed by atoms with Gasteiger partial charge in [0.2, 0.25) is 0 Å². The predicted molar refractivity (Wildman–Crippen MR) is 99.4 cm³/mol. The molecule has 7 heteroatoms. The lowest BCUT2D eigenvalue weighted by Gasteiger charge is -1.99. The maximum absolute atomic E-state index is 13.2. The molecule has 0 aliphatic rings. The molecule has 4 nitrogen and oxygen atoms in total. The highest BCUT2D eigenvalue weighted by Gasteiger charge is 2.15. The summed E-state index contributed by atoms with van der Waals surface area (Å²) in [6, 6.07) is 15.3. The minimum atomic E-state index is -0.400. The summed E-state index contributed by atoms with van der Waals surface area (Å²) >= 11 is 4.59. The summed E-state index contributed by atoms with van der Waals surface area (Å²) in [5.74, 6) is 0.0504. The molecule has 124 valence electrons. The first-order chi connectivity index (χ1) is 12.1. The highest BCUT2D eigenvalue weighted by molar-refractivity contribution is 9.10. The van der Waals surface area contributed by atoms with E-state index in [9.17, 15) is 9.18 Å². The van der Waals surface area contributed by atoms with Gasteiger partial charge >= 0.3 is 0 Å². The third-order valence-corrected chi connectivity index (χ3v) is 4.99. The van der Waals surface area contributed by atoms with E-state index < -0.39 is 5.91 Å². The summed E-state index contributed by atoms with van der Waals surface area (Å²) in [4.78, 5) is 16.6. The minimum Gasteiger partial charge on any atom is -0.451 e. The summed E-state index contributed by atoms with van der Waals surface area (Å²) < 4.78 is 20.5. The summed E-state index contributed by atoms with van der Waals surface area (Å²) in [7, 11) is 0. The SMILES string of the molecule is O=C(Nc1nc2ccc(F)cc2s1)c1ccc(-c2ccc(Br)cc2)o1. The Kier molecular flexibility index (Phi) is 4.10. The average Bonchev–Trinajstić information content (AvgIpc) is 3.21. The molecule has 0 aliphatic heterocycles. The highest BCUT2D eigenvalue weighted by atomic mass is 79.9. The fraction of sp³-hybridized carbons (Fsp3) is 0. The van der Waals surface area contributed by atoms with Crippen LogP contribution in [-0.2, 0) is 0 Å². The number of rotatable bonds is 3. The number of anilines is 1. The third kappa shape index (κ3) is 3.33. The van der Waals surface area contributed by atoms with Crippen LogP contribution in [0, 0.1) is 5.82 Å². The zero-order chi connectivity index (χ0) is 17.4. The molecular formula is C18H10BrFN2O2S. The predicted octanol–water partition coefficient (Wildman–Crippen LogP) is 5.71. The molecule has 0 atom stereocenters. The zero-order valence-corrected chi connectivity index (χ0v) is 15.0. The molecule has 0 unspecified atom stereocenters. The zero-order valence-electron chi connectivity index (χ0n) is 12.6.